The molecule has 0 saturated heterocycles. The summed E-state index contributed by atoms with van der Waals surface area (Å²) in [5.74, 6) is -0.669. The maximum Gasteiger partial charge on any atom is 0.269 e. The van der Waals surface area contributed by atoms with Crippen LogP contribution in [0.1, 0.15) is 13.8 Å². The molecule has 1 rings (SSSR count). The Morgan fingerprint density at radius 2 is 1.89 bits per heavy atom. The van der Waals surface area contributed by atoms with E-state index in [0.717, 1.165) is 0 Å². The zero-order valence-corrected chi connectivity index (χ0v) is 10.8. The molecule has 19 heavy (non-hydrogen) atoms. The average Bonchev–Trinajstić information content (AvgIpc) is 2.33. The lowest BCUT2D eigenvalue weighted by atomic mass is 10.1. The van der Waals surface area contributed by atoms with E-state index in [2.05, 4.69) is 10.6 Å². The molecule has 0 aromatic heterocycles. The molecule has 0 saturated carbocycles. The van der Waals surface area contributed by atoms with Crippen LogP contribution in [0.25, 0.3) is 0 Å². The van der Waals surface area contributed by atoms with Gasteiger partial charge >= 0.3 is 0 Å². The lowest BCUT2D eigenvalue weighted by molar-refractivity contribution is -0.384. The van der Waals surface area contributed by atoms with Gasteiger partial charge in [0.1, 0.15) is 0 Å². The van der Waals surface area contributed by atoms with Crippen molar-refractivity contribution in [1.29, 1.82) is 0 Å². The van der Waals surface area contributed by atoms with Crippen LogP contribution < -0.4 is 10.6 Å². The second-order valence-electron chi connectivity index (χ2n) is 4.46. The van der Waals surface area contributed by atoms with Gasteiger partial charge in [0.15, 0.2) is 5.67 Å². The van der Waals surface area contributed by atoms with Crippen LogP contribution >= 0.6 is 0 Å². The molecule has 0 heterocycles. The molecule has 0 aliphatic rings. The molecule has 1 aromatic carbocycles. The number of anilines is 1. The first-order chi connectivity index (χ1) is 8.80. The van der Waals surface area contributed by atoms with Crippen LogP contribution in [0.15, 0.2) is 24.3 Å². The fourth-order valence-electron chi connectivity index (χ4n) is 1.29. The van der Waals surface area contributed by atoms with Crippen LogP contribution in [-0.4, -0.2) is 29.6 Å². The minimum absolute atomic E-state index is 0.0121. The number of nitrogens with one attached hydrogen (secondary N) is 2. The molecule has 0 aliphatic carbocycles. The summed E-state index contributed by atoms with van der Waals surface area (Å²) in [7, 11) is 0. The van der Waals surface area contributed by atoms with E-state index >= 15 is 0 Å². The van der Waals surface area contributed by atoms with Crippen molar-refractivity contribution >= 4 is 17.3 Å². The maximum absolute atomic E-state index is 13.2. The first-order valence-corrected chi connectivity index (χ1v) is 5.76. The van der Waals surface area contributed by atoms with Gasteiger partial charge in [0.25, 0.3) is 11.6 Å². The van der Waals surface area contributed by atoms with E-state index < -0.39 is 16.5 Å². The molecule has 1 amide bonds. The minimum atomic E-state index is -1.90. The first kappa shape index (κ1) is 14.9. The van der Waals surface area contributed by atoms with Crippen LogP contribution in [-0.2, 0) is 4.79 Å². The van der Waals surface area contributed by atoms with Gasteiger partial charge in [0.2, 0.25) is 0 Å². The Morgan fingerprint density at radius 1 is 1.32 bits per heavy atom. The highest BCUT2D eigenvalue weighted by atomic mass is 19.1. The number of rotatable bonds is 6. The maximum atomic E-state index is 13.2. The number of alkyl halides is 1. The van der Waals surface area contributed by atoms with E-state index in [1.807, 2.05) is 0 Å². The Balaban J connectivity index is 2.34. The van der Waals surface area contributed by atoms with Crippen LogP contribution in [0.4, 0.5) is 15.8 Å². The number of non-ortho nitro benzene ring substituents is 1. The molecule has 1 aromatic rings. The van der Waals surface area contributed by atoms with Gasteiger partial charge in [0, 0.05) is 30.9 Å². The number of hydrogen-bond acceptors (Lipinski definition) is 4. The SMILES string of the molecule is CC(C)(F)C(=O)NCCNc1ccc([N+](=O)[O-])cc1. The predicted octanol–water partition coefficient (Wildman–Crippen LogP) is 1.87. The second kappa shape index (κ2) is 6.12. The van der Waals surface area contributed by atoms with Gasteiger partial charge in [-0.15, -0.1) is 0 Å². The topological polar surface area (TPSA) is 84.3 Å². The molecule has 104 valence electrons. The molecule has 0 fully saturated rings. The highest BCUT2D eigenvalue weighted by Crippen LogP contribution is 2.14. The minimum Gasteiger partial charge on any atom is -0.383 e. The van der Waals surface area contributed by atoms with E-state index in [-0.39, 0.29) is 12.2 Å². The van der Waals surface area contributed by atoms with E-state index in [4.69, 9.17) is 0 Å². The van der Waals surface area contributed by atoms with Crippen LogP contribution in [0.5, 0.6) is 0 Å². The summed E-state index contributed by atoms with van der Waals surface area (Å²) in [5.41, 5.74) is -1.19. The number of halogens is 1. The van der Waals surface area contributed by atoms with Gasteiger partial charge in [-0.3, -0.25) is 14.9 Å². The van der Waals surface area contributed by atoms with Gasteiger partial charge in [-0.1, -0.05) is 0 Å². The molecule has 0 radical (unpaired) electrons. The molecule has 6 nitrogen and oxygen atoms in total. The van der Waals surface area contributed by atoms with E-state index in [0.29, 0.717) is 12.2 Å². The molecule has 0 atom stereocenters. The van der Waals surface area contributed by atoms with E-state index in [1.54, 1.807) is 12.1 Å². The molecular formula is C12H16FN3O3. The van der Waals surface area contributed by atoms with Gasteiger partial charge in [0.05, 0.1) is 4.92 Å². The lowest BCUT2D eigenvalue weighted by Gasteiger charge is -2.14. The summed E-state index contributed by atoms with van der Waals surface area (Å²) in [5, 5.41) is 15.8. The third-order valence-electron chi connectivity index (χ3n) is 2.36. The summed E-state index contributed by atoms with van der Waals surface area (Å²) in [6, 6.07) is 5.90. The fourth-order valence-corrected chi connectivity index (χ4v) is 1.29. The van der Waals surface area contributed by atoms with Crippen molar-refractivity contribution in [2.24, 2.45) is 0 Å². The zero-order valence-electron chi connectivity index (χ0n) is 10.8. The standard InChI is InChI=1S/C12H16FN3O3/c1-12(2,13)11(17)15-8-7-14-9-3-5-10(6-4-9)16(18)19/h3-6,14H,7-8H2,1-2H3,(H,15,17). The Labute approximate surface area is 110 Å². The fraction of sp³-hybridized carbons (Fsp3) is 0.417. The van der Waals surface area contributed by atoms with Crippen molar-refractivity contribution in [3.63, 3.8) is 0 Å². The second-order valence-corrected chi connectivity index (χ2v) is 4.46. The smallest absolute Gasteiger partial charge is 0.269 e. The highest BCUT2D eigenvalue weighted by Gasteiger charge is 2.25. The van der Waals surface area contributed by atoms with E-state index in [1.165, 1.54) is 26.0 Å². The molecule has 0 unspecified atom stereocenters. The highest BCUT2D eigenvalue weighted by molar-refractivity contribution is 5.84. The number of nitrogens with zero attached hydrogens (tertiary/aromatic N) is 1. The summed E-state index contributed by atoms with van der Waals surface area (Å²) < 4.78 is 13.2. The monoisotopic (exact) mass is 269 g/mol. The molecular weight excluding hydrogens is 253 g/mol. The Bertz CT molecular complexity index is 454. The summed E-state index contributed by atoms with van der Waals surface area (Å²) in [6.07, 6.45) is 0. The van der Waals surface area contributed by atoms with Crippen molar-refractivity contribution in [2.75, 3.05) is 18.4 Å². The normalized spacial score (nSPS) is 10.9. The van der Waals surface area contributed by atoms with Crippen LogP contribution in [0.2, 0.25) is 0 Å². The Hall–Kier alpha value is -2.18. The summed E-state index contributed by atoms with van der Waals surface area (Å²) >= 11 is 0. The Kier molecular flexibility index (Phi) is 4.80. The largest absolute Gasteiger partial charge is 0.383 e. The first-order valence-electron chi connectivity index (χ1n) is 5.76. The van der Waals surface area contributed by atoms with Gasteiger partial charge < -0.3 is 10.6 Å². The lowest BCUT2D eigenvalue weighted by Crippen LogP contribution is -2.40. The number of amides is 1. The third-order valence-corrected chi connectivity index (χ3v) is 2.36. The Morgan fingerprint density at radius 3 is 2.37 bits per heavy atom. The number of hydrogen-bond donors (Lipinski definition) is 2. The predicted molar refractivity (Wildman–Crippen MR) is 69.8 cm³/mol. The van der Waals surface area contributed by atoms with Crippen LogP contribution in [0.3, 0.4) is 0 Å². The molecule has 0 bridgehead atoms. The van der Waals surface area contributed by atoms with Crippen molar-refractivity contribution in [2.45, 2.75) is 19.5 Å². The van der Waals surface area contributed by atoms with Crippen molar-refractivity contribution in [3.8, 4) is 0 Å². The average molecular weight is 269 g/mol. The van der Waals surface area contributed by atoms with E-state index in [9.17, 15) is 19.3 Å². The number of nitro benzene ring substituents is 1. The number of benzene rings is 1. The van der Waals surface area contributed by atoms with Crippen molar-refractivity contribution < 1.29 is 14.1 Å². The third kappa shape index (κ3) is 4.90. The molecule has 2 N–H and O–H groups in total. The zero-order chi connectivity index (χ0) is 14.5. The van der Waals surface area contributed by atoms with Crippen molar-refractivity contribution in [3.05, 3.63) is 34.4 Å². The summed E-state index contributed by atoms with van der Waals surface area (Å²) in [6.45, 7) is 3.04. The molecule has 7 heteroatoms. The van der Waals surface area contributed by atoms with Gasteiger partial charge in [-0.25, -0.2) is 4.39 Å². The van der Waals surface area contributed by atoms with Crippen LogP contribution in [0, 0.1) is 10.1 Å². The van der Waals surface area contributed by atoms with Crippen molar-refractivity contribution in [1.82, 2.24) is 5.32 Å². The van der Waals surface area contributed by atoms with Gasteiger partial charge in [-0.2, -0.15) is 0 Å². The number of carbonyl (C=O) groups is 1. The number of carbonyl (C=O) groups excluding carboxylic acids is 1. The summed E-state index contributed by atoms with van der Waals surface area (Å²) in [4.78, 5) is 21.2. The number of nitro groups is 1. The molecule has 0 aliphatic heterocycles. The van der Waals surface area contributed by atoms with Gasteiger partial charge in [-0.05, 0) is 26.0 Å². The quantitative estimate of drug-likeness (QED) is 0.469. The molecule has 0 spiro atoms.